The van der Waals surface area contributed by atoms with Gasteiger partial charge in [-0.15, -0.1) is 0 Å². The summed E-state index contributed by atoms with van der Waals surface area (Å²) in [5.74, 6) is -0.0898. The third-order valence-electron chi connectivity index (χ3n) is 8.06. The molecular formula is C32H47NO3Sn. The summed E-state index contributed by atoms with van der Waals surface area (Å²) in [5, 5.41) is 0. The van der Waals surface area contributed by atoms with Gasteiger partial charge in [-0.2, -0.15) is 0 Å². The summed E-state index contributed by atoms with van der Waals surface area (Å²) in [6.07, 6.45) is 10.1. The summed E-state index contributed by atoms with van der Waals surface area (Å²) >= 11 is -2.94. The molecule has 0 aliphatic carbocycles. The molecule has 0 fully saturated rings. The summed E-state index contributed by atoms with van der Waals surface area (Å²) in [4.78, 5) is 29.2. The molecule has 0 N–H and O–H groups in total. The fourth-order valence-corrected chi connectivity index (χ4v) is 24.6. The van der Waals surface area contributed by atoms with Crippen molar-refractivity contribution in [3.63, 3.8) is 0 Å². The van der Waals surface area contributed by atoms with Gasteiger partial charge in [0.05, 0.1) is 0 Å². The number of imide groups is 1. The fourth-order valence-electron chi connectivity index (χ4n) is 5.97. The molecule has 4 nitrogen and oxygen atoms in total. The molecular weight excluding hydrogens is 565 g/mol. The van der Waals surface area contributed by atoms with E-state index >= 15 is 0 Å². The third kappa shape index (κ3) is 7.92. The van der Waals surface area contributed by atoms with Crippen LogP contribution in [0.2, 0.25) is 13.3 Å². The molecule has 0 spiro atoms. The summed E-state index contributed by atoms with van der Waals surface area (Å²) in [7, 11) is 0. The SMILES string of the molecule is CCC[CH2][Sn]([CH2]CCC)([CH2]CCC)[CH](CCCCOCc1ccccc1)N1C(=O)c2ccccc2C1=O. The Hall–Kier alpha value is -1.66. The van der Waals surface area contributed by atoms with Crippen LogP contribution in [0.25, 0.3) is 0 Å². The first-order valence-electron chi connectivity index (χ1n) is 14.7. The van der Waals surface area contributed by atoms with Gasteiger partial charge in [-0.3, -0.25) is 0 Å². The maximum absolute atomic E-state index is 13.7. The number of fused-ring (bicyclic) bond motifs is 1. The first-order valence-corrected chi connectivity index (χ1v) is 22.4. The molecule has 0 radical (unpaired) electrons. The van der Waals surface area contributed by atoms with E-state index in [1.54, 1.807) is 4.90 Å². The van der Waals surface area contributed by atoms with Gasteiger partial charge in [0.2, 0.25) is 0 Å². The minimum atomic E-state index is -2.94. The molecule has 1 aliphatic rings. The molecule has 0 saturated heterocycles. The van der Waals surface area contributed by atoms with Crippen molar-refractivity contribution in [3.05, 3.63) is 71.3 Å². The van der Waals surface area contributed by atoms with Crippen LogP contribution < -0.4 is 0 Å². The van der Waals surface area contributed by atoms with Crippen LogP contribution in [0.15, 0.2) is 54.6 Å². The number of hydrogen-bond acceptors (Lipinski definition) is 3. The molecule has 2 aromatic rings. The van der Waals surface area contributed by atoms with Crippen LogP contribution in [-0.4, -0.2) is 45.8 Å². The van der Waals surface area contributed by atoms with Crippen LogP contribution in [0, 0.1) is 0 Å². The van der Waals surface area contributed by atoms with E-state index in [4.69, 9.17) is 4.74 Å². The molecule has 0 bridgehead atoms. The van der Waals surface area contributed by atoms with E-state index in [1.807, 2.05) is 42.5 Å². The van der Waals surface area contributed by atoms with Gasteiger partial charge in [0, 0.05) is 0 Å². The van der Waals surface area contributed by atoms with Crippen LogP contribution in [0.4, 0.5) is 0 Å². The molecule has 2 amide bonds. The molecule has 2 aromatic carbocycles. The normalized spacial score (nSPS) is 14.3. The predicted octanol–water partition coefficient (Wildman–Crippen LogP) is 8.43. The monoisotopic (exact) mass is 613 g/mol. The molecule has 37 heavy (non-hydrogen) atoms. The van der Waals surface area contributed by atoms with E-state index < -0.39 is 18.4 Å². The summed E-state index contributed by atoms with van der Waals surface area (Å²) in [5.41, 5.74) is 2.40. The second kappa shape index (κ2) is 15.7. The van der Waals surface area contributed by atoms with E-state index in [-0.39, 0.29) is 15.9 Å². The second-order valence-electron chi connectivity index (χ2n) is 10.7. The molecule has 1 heterocycles. The molecule has 0 saturated carbocycles. The molecule has 3 rings (SSSR count). The number of benzene rings is 2. The Kier molecular flexibility index (Phi) is 12.7. The number of ether oxygens (including phenoxy) is 1. The Balaban J connectivity index is 1.81. The van der Waals surface area contributed by atoms with Crippen molar-refractivity contribution in [3.8, 4) is 0 Å². The molecule has 0 aromatic heterocycles. The zero-order valence-corrected chi connectivity index (χ0v) is 26.2. The standard InChI is InChI=1S/C20H20NO3.3C4H9.Sn/c22-19-17-11-5-6-12-18(17)20(23)21(19)13-7-2-8-14-24-15-16-9-3-1-4-10-16;3*1-3-4-2;/h1,3-6,9-13H,2,7-8,14-15H2;3*1,3-4H2,2H3;. The molecule has 1 unspecified atom stereocenters. The summed E-state index contributed by atoms with van der Waals surface area (Å²) in [6, 6.07) is 17.7. The quantitative estimate of drug-likeness (QED) is 0.0965. The van der Waals surface area contributed by atoms with Crippen LogP contribution in [0.3, 0.4) is 0 Å². The molecule has 202 valence electrons. The minimum absolute atomic E-state index is 0.0449. The number of amides is 2. The molecule has 1 aliphatic heterocycles. The van der Waals surface area contributed by atoms with Gasteiger partial charge in [0.15, 0.2) is 0 Å². The number of unbranched alkanes of at least 4 members (excludes halogenated alkanes) is 4. The van der Waals surface area contributed by atoms with Gasteiger partial charge in [0.1, 0.15) is 0 Å². The number of nitrogens with zero attached hydrogens (tertiary/aromatic N) is 1. The van der Waals surface area contributed by atoms with Gasteiger partial charge in [-0.25, -0.2) is 0 Å². The summed E-state index contributed by atoms with van der Waals surface area (Å²) in [6.45, 7) is 8.17. The predicted molar refractivity (Wildman–Crippen MR) is 156 cm³/mol. The average Bonchev–Trinajstić information content (AvgIpc) is 3.18. The van der Waals surface area contributed by atoms with Crippen molar-refractivity contribution < 1.29 is 14.3 Å². The number of carbonyl (C=O) groups excluding carboxylic acids is 2. The Morgan fingerprint density at radius 2 is 1.22 bits per heavy atom. The molecule has 5 heteroatoms. The summed E-state index contributed by atoms with van der Waals surface area (Å²) < 4.78 is 9.97. The first kappa shape index (κ1) is 29.9. The van der Waals surface area contributed by atoms with Crippen LogP contribution in [0.5, 0.6) is 0 Å². The van der Waals surface area contributed by atoms with Gasteiger partial charge < -0.3 is 0 Å². The maximum atomic E-state index is 13.7. The zero-order valence-electron chi connectivity index (χ0n) is 23.3. The Morgan fingerprint density at radius 1 is 0.703 bits per heavy atom. The first-order chi connectivity index (χ1) is 18.1. The van der Waals surface area contributed by atoms with Crippen molar-refractivity contribution in [2.75, 3.05) is 6.61 Å². The number of carbonyl (C=O) groups is 2. The number of rotatable bonds is 18. The van der Waals surface area contributed by atoms with E-state index in [1.165, 1.54) is 57.4 Å². The van der Waals surface area contributed by atoms with Crippen LogP contribution >= 0.6 is 0 Å². The van der Waals surface area contributed by atoms with Crippen molar-refractivity contribution in [1.82, 2.24) is 4.90 Å². The number of hydrogen-bond donors (Lipinski definition) is 0. The van der Waals surface area contributed by atoms with Gasteiger partial charge in [0.25, 0.3) is 0 Å². The van der Waals surface area contributed by atoms with E-state index in [0.29, 0.717) is 24.3 Å². The Labute approximate surface area is 229 Å². The average molecular weight is 612 g/mol. The van der Waals surface area contributed by atoms with E-state index in [9.17, 15) is 9.59 Å². The van der Waals surface area contributed by atoms with Crippen molar-refractivity contribution in [2.24, 2.45) is 0 Å². The topological polar surface area (TPSA) is 46.6 Å². The molecule has 1 atom stereocenters. The van der Waals surface area contributed by atoms with E-state index in [0.717, 1.165) is 19.3 Å². The van der Waals surface area contributed by atoms with Gasteiger partial charge in [-0.05, 0) is 0 Å². The van der Waals surface area contributed by atoms with Crippen LogP contribution in [-0.2, 0) is 11.3 Å². The van der Waals surface area contributed by atoms with Crippen molar-refractivity contribution in [1.29, 1.82) is 0 Å². The third-order valence-corrected chi connectivity index (χ3v) is 25.2. The van der Waals surface area contributed by atoms with Crippen LogP contribution in [0.1, 0.15) is 105 Å². The van der Waals surface area contributed by atoms with Crippen molar-refractivity contribution in [2.45, 2.75) is 103 Å². The second-order valence-corrected chi connectivity index (χ2v) is 24.7. The fraction of sp³-hybridized carbons (Fsp3) is 0.562. The van der Waals surface area contributed by atoms with Gasteiger partial charge >= 0.3 is 230 Å². The van der Waals surface area contributed by atoms with Crippen molar-refractivity contribution >= 4 is 30.2 Å². The zero-order chi connectivity index (χ0) is 26.5. The Morgan fingerprint density at radius 3 is 1.73 bits per heavy atom. The Bertz CT molecular complexity index is 920. The van der Waals surface area contributed by atoms with E-state index in [2.05, 4.69) is 32.9 Å². The van der Waals surface area contributed by atoms with Gasteiger partial charge in [-0.1, -0.05) is 0 Å².